The maximum absolute atomic E-state index is 9.54. The van der Waals surface area contributed by atoms with E-state index in [1.54, 1.807) is 7.11 Å². The summed E-state index contributed by atoms with van der Waals surface area (Å²) in [4.78, 5) is 2.47. The molecule has 24 heavy (non-hydrogen) atoms. The lowest BCUT2D eigenvalue weighted by atomic mass is 9.86. The number of likely N-dealkylation sites (tertiary alicyclic amines) is 1. The van der Waals surface area contributed by atoms with Crippen LogP contribution in [0, 0.1) is 0 Å². The Morgan fingerprint density at radius 2 is 1.88 bits per heavy atom. The average Bonchev–Trinajstić information content (AvgIpc) is 2.55. The van der Waals surface area contributed by atoms with Crippen LogP contribution in [0.2, 0.25) is 0 Å². The van der Waals surface area contributed by atoms with Crippen molar-refractivity contribution in [2.75, 3.05) is 38.6 Å². The predicted octanol–water partition coefficient (Wildman–Crippen LogP) is 3.64. The zero-order valence-electron chi connectivity index (χ0n) is 15.8. The van der Waals surface area contributed by atoms with Crippen LogP contribution in [0.3, 0.4) is 0 Å². The lowest BCUT2D eigenvalue weighted by molar-refractivity contribution is 0.0820. The van der Waals surface area contributed by atoms with Crippen LogP contribution < -0.4 is 10.1 Å². The van der Waals surface area contributed by atoms with Crippen molar-refractivity contribution in [3.05, 3.63) is 23.8 Å². The number of hydrogen-bond acceptors (Lipinski definition) is 4. The standard InChI is InChI=1S/C20H34N2O2/c1-20(2,3)16-13-17(15-19(14-16)24-4)21-9-5-6-10-22-11-7-18(23)8-12-22/h13-15,18,21,23H,5-12H2,1-4H3. The van der Waals surface area contributed by atoms with Gasteiger partial charge in [0.25, 0.3) is 0 Å². The van der Waals surface area contributed by atoms with Gasteiger partial charge in [0.1, 0.15) is 5.75 Å². The van der Waals surface area contributed by atoms with Gasteiger partial charge in [0.2, 0.25) is 0 Å². The van der Waals surface area contributed by atoms with Crippen molar-refractivity contribution >= 4 is 5.69 Å². The van der Waals surface area contributed by atoms with E-state index in [2.05, 4.69) is 49.2 Å². The van der Waals surface area contributed by atoms with E-state index < -0.39 is 0 Å². The van der Waals surface area contributed by atoms with Crippen molar-refractivity contribution in [3.63, 3.8) is 0 Å². The lowest BCUT2D eigenvalue weighted by Gasteiger charge is -2.29. The van der Waals surface area contributed by atoms with Crippen LogP contribution in [0.4, 0.5) is 5.69 Å². The van der Waals surface area contributed by atoms with Crippen LogP contribution in [-0.4, -0.2) is 49.4 Å². The topological polar surface area (TPSA) is 44.7 Å². The average molecular weight is 335 g/mol. The maximum atomic E-state index is 9.54. The summed E-state index contributed by atoms with van der Waals surface area (Å²) in [6, 6.07) is 6.42. The van der Waals surface area contributed by atoms with Crippen LogP contribution >= 0.6 is 0 Å². The SMILES string of the molecule is COc1cc(NCCCCN2CCC(O)CC2)cc(C(C)(C)C)c1. The number of anilines is 1. The molecule has 0 bridgehead atoms. The number of hydrogen-bond donors (Lipinski definition) is 2. The van der Waals surface area contributed by atoms with E-state index in [1.165, 1.54) is 12.0 Å². The van der Waals surface area contributed by atoms with Gasteiger partial charge in [-0.05, 0) is 55.3 Å². The smallest absolute Gasteiger partial charge is 0.121 e. The van der Waals surface area contributed by atoms with Gasteiger partial charge in [-0.25, -0.2) is 0 Å². The minimum absolute atomic E-state index is 0.0759. The van der Waals surface area contributed by atoms with Gasteiger partial charge >= 0.3 is 0 Å². The second-order valence-corrected chi connectivity index (χ2v) is 7.91. The molecule has 0 radical (unpaired) electrons. The third-order valence-corrected chi connectivity index (χ3v) is 4.80. The molecule has 0 spiro atoms. The third kappa shape index (κ3) is 5.99. The van der Waals surface area contributed by atoms with Gasteiger partial charge in [0.15, 0.2) is 0 Å². The first kappa shape index (κ1) is 19.1. The molecule has 0 aromatic heterocycles. The summed E-state index contributed by atoms with van der Waals surface area (Å²) in [6.45, 7) is 10.9. The fourth-order valence-electron chi connectivity index (χ4n) is 3.09. The number of aliphatic hydroxyl groups is 1. The number of benzene rings is 1. The van der Waals surface area contributed by atoms with Gasteiger partial charge in [-0.1, -0.05) is 20.8 Å². The Bertz CT molecular complexity index is 503. The van der Waals surface area contributed by atoms with Crippen LogP contribution in [0.25, 0.3) is 0 Å². The van der Waals surface area contributed by atoms with Gasteiger partial charge in [-0.3, -0.25) is 0 Å². The Morgan fingerprint density at radius 3 is 2.50 bits per heavy atom. The molecule has 2 N–H and O–H groups in total. The molecule has 1 aromatic rings. The highest BCUT2D eigenvalue weighted by Crippen LogP contribution is 2.29. The molecule has 0 aliphatic carbocycles. The Kier molecular flexibility index (Phi) is 6.93. The van der Waals surface area contributed by atoms with Crippen molar-refractivity contribution in [2.45, 2.75) is 58.0 Å². The second-order valence-electron chi connectivity index (χ2n) is 7.91. The van der Waals surface area contributed by atoms with E-state index in [0.29, 0.717) is 0 Å². The minimum Gasteiger partial charge on any atom is -0.497 e. The molecule has 0 saturated carbocycles. The molecule has 2 rings (SSSR count). The fourth-order valence-corrected chi connectivity index (χ4v) is 3.09. The summed E-state index contributed by atoms with van der Waals surface area (Å²) in [5, 5.41) is 13.1. The summed E-state index contributed by atoms with van der Waals surface area (Å²) in [5.41, 5.74) is 2.54. The molecule has 1 saturated heterocycles. The molecule has 4 nitrogen and oxygen atoms in total. The number of unbranched alkanes of at least 4 members (excludes halogenated alkanes) is 1. The molecular formula is C20H34N2O2. The molecule has 4 heteroatoms. The monoisotopic (exact) mass is 334 g/mol. The van der Waals surface area contributed by atoms with Gasteiger partial charge in [0, 0.05) is 31.4 Å². The summed E-state index contributed by atoms with van der Waals surface area (Å²) in [6.07, 6.45) is 4.13. The molecule has 0 amide bonds. The highest BCUT2D eigenvalue weighted by Gasteiger charge is 2.17. The molecule has 1 aromatic carbocycles. The largest absolute Gasteiger partial charge is 0.497 e. The van der Waals surface area contributed by atoms with E-state index in [9.17, 15) is 5.11 Å². The first-order valence-electron chi connectivity index (χ1n) is 9.22. The lowest BCUT2D eigenvalue weighted by Crippen LogP contribution is -2.36. The first-order valence-corrected chi connectivity index (χ1v) is 9.22. The number of ether oxygens (including phenoxy) is 1. The number of piperidine rings is 1. The van der Waals surface area contributed by atoms with Crippen LogP contribution in [0.1, 0.15) is 52.0 Å². The molecule has 1 heterocycles. The molecule has 136 valence electrons. The van der Waals surface area contributed by atoms with Gasteiger partial charge in [-0.2, -0.15) is 0 Å². The summed E-state index contributed by atoms with van der Waals surface area (Å²) < 4.78 is 5.44. The predicted molar refractivity (Wildman–Crippen MR) is 101 cm³/mol. The molecule has 1 aliphatic rings. The van der Waals surface area contributed by atoms with Crippen LogP contribution in [0.5, 0.6) is 5.75 Å². The van der Waals surface area contributed by atoms with Crippen molar-refractivity contribution in [2.24, 2.45) is 0 Å². The highest BCUT2D eigenvalue weighted by atomic mass is 16.5. The van der Waals surface area contributed by atoms with E-state index >= 15 is 0 Å². The van der Waals surface area contributed by atoms with E-state index in [1.807, 2.05) is 0 Å². The molecule has 0 atom stereocenters. The summed E-state index contributed by atoms with van der Waals surface area (Å²) >= 11 is 0. The molecule has 0 unspecified atom stereocenters. The maximum Gasteiger partial charge on any atom is 0.121 e. The van der Waals surface area contributed by atoms with Crippen molar-refractivity contribution in [1.82, 2.24) is 4.90 Å². The third-order valence-electron chi connectivity index (χ3n) is 4.80. The zero-order chi connectivity index (χ0) is 17.6. The number of rotatable bonds is 7. The zero-order valence-corrected chi connectivity index (χ0v) is 15.8. The number of aliphatic hydroxyl groups excluding tert-OH is 1. The Balaban J connectivity index is 1.75. The molecule has 1 aliphatic heterocycles. The highest BCUT2D eigenvalue weighted by molar-refractivity contribution is 5.52. The Morgan fingerprint density at radius 1 is 1.17 bits per heavy atom. The second kappa shape index (κ2) is 8.72. The van der Waals surface area contributed by atoms with E-state index in [4.69, 9.17) is 4.74 Å². The minimum atomic E-state index is -0.0759. The van der Waals surface area contributed by atoms with Gasteiger partial charge in [-0.15, -0.1) is 0 Å². The number of nitrogens with one attached hydrogen (secondary N) is 1. The fraction of sp³-hybridized carbons (Fsp3) is 0.700. The van der Waals surface area contributed by atoms with Crippen molar-refractivity contribution in [1.29, 1.82) is 0 Å². The Labute approximate surface area is 147 Å². The van der Waals surface area contributed by atoms with Crippen LogP contribution in [-0.2, 0) is 5.41 Å². The molecular weight excluding hydrogens is 300 g/mol. The summed E-state index contributed by atoms with van der Waals surface area (Å²) in [7, 11) is 1.72. The van der Waals surface area contributed by atoms with Crippen molar-refractivity contribution in [3.8, 4) is 5.75 Å². The number of nitrogens with zero attached hydrogens (tertiary/aromatic N) is 1. The van der Waals surface area contributed by atoms with Crippen LogP contribution in [0.15, 0.2) is 18.2 Å². The number of methoxy groups -OCH3 is 1. The van der Waals surface area contributed by atoms with E-state index in [0.717, 1.165) is 56.9 Å². The summed E-state index contributed by atoms with van der Waals surface area (Å²) in [5.74, 6) is 0.914. The first-order chi connectivity index (χ1) is 11.4. The normalized spacial score (nSPS) is 17.0. The van der Waals surface area contributed by atoms with Gasteiger partial charge < -0.3 is 20.1 Å². The quantitative estimate of drug-likeness (QED) is 0.747. The van der Waals surface area contributed by atoms with E-state index in [-0.39, 0.29) is 11.5 Å². The molecule has 1 fully saturated rings. The van der Waals surface area contributed by atoms with Crippen molar-refractivity contribution < 1.29 is 9.84 Å². The van der Waals surface area contributed by atoms with Gasteiger partial charge in [0.05, 0.1) is 13.2 Å². The Hall–Kier alpha value is -1.26.